The molecule has 0 aliphatic heterocycles. The fraction of sp³-hybridized carbons (Fsp3) is 0.412. The largest absolute Gasteiger partial charge is 0.444 e. The summed E-state index contributed by atoms with van der Waals surface area (Å²) in [4.78, 5) is 34.6. The summed E-state index contributed by atoms with van der Waals surface area (Å²) in [7, 11) is 0. The predicted octanol–water partition coefficient (Wildman–Crippen LogP) is 1.68. The lowest BCUT2D eigenvalue weighted by molar-refractivity contribution is -0.120. The van der Waals surface area contributed by atoms with Gasteiger partial charge in [0.2, 0.25) is 11.8 Å². The number of rotatable bonds is 6. The molecule has 0 aromatic heterocycles. The van der Waals surface area contributed by atoms with Crippen LogP contribution in [0.3, 0.4) is 0 Å². The van der Waals surface area contributed by atoms with Gasteiger partial charge >= 0.3 is 6.09 Å². The van der Waals surface area contributed by atoms with E-state index in [1.807, 2.05) is 0 Å². The molecule has 0 heterocycles. The molecule has 1 aromatic rings. The molecule has 0 aliphatic carbocycles. The Morgan fingerprint density at radius 2 is 1.88 bits per heavy atom. The molecule has 0 bridgehead atoms. The molecule has 0 fully saturated rings. The Labute approximate surface area is 146 Å². The van der Waals surface area contributed by atoms with Gasteiger partial charge in [-0.05, 0) is 38.5 Å². The Morgan fingerprint density at radius 1 is 1.16 bits per heavy atom. The lowest BCUT2D eigenvalue weighted by atomic mass is 10.2. The first-order chi connectivity index (χ1) is 11.7. The van der Waals surface area contributed by atoms with Crippen molar-refractivity contribution in [2.45, 2.75) is 39.3 Å². The zero-order valence-electron chi connectivity index (χ0n) is 14.5. The van der Waals surface area contributed by atoms with Crippen LogP contribution in [-0.4, -0.2) is 30.1 Å². The molecule has 0 saturated carbocycles. The van der Waals surface area contributed by atoms with Gasteiger partial charge in [-0.25, -0.2) is 4.79 Å². The summed E-state index contributed by atoms with van der Waals surface area (Å²) in [5.74, 6) is -0.768. The molecule has 1 rings (SSSR count). The van der Waals surface area contributed by atoms with E-state index in [9.17, 15) is 14.4 Å². The number of carbonyl (C=O) groups is 3. The van der Waals surface area contributed by atoms with Crippen molar-refractivity contribution >= 4 is 23.6 Å². The Morgan fingerprint density at radius 3 is 2.52 bits per heavy atom. The van der Waals surface area contributed by atoms with Crippen molar-refractivity contribution < 1.29 is 19.1 Å². The summed E-state index contributed by atoms with van der Waals surface area (Å²) in [5.41, 5.74) is 0.677. The summed E-state index contributed by atoms with van der Waals surface area (Å²) in [6, 6.07) is 8.65. The van der Waals surface area contributed by atoms with Crippen LogP contribution in [0.25, 0.3) is 0 Å². The number of nitrogens with one attached hydrogen (secondary N) is 3. The molecule has 0 saturated heterocycles. The van der Waals surface area contributed by atoms with Gasteiger partial charge in [-0.3, -0.25) is 9.59 Å². The van der Waals surface area contributed by atoms with Gasteiger partial charge in [-0.2, -0.15) is 5.26 Å². The van der Waals surface area contributed by atoms with Crippen LogP contribution in [0.15, 0.2) is 24.3 Å². The number of hydrogen-bond donors (Lipinski definition) is 3. The van der Waals surface area contributed by atoms with Crippen molar-refractivity contribution in [1.29, 1.82) is 5.26 Å². The summed E-state index contributed by atoms with van der Waals surface area (Å²) in [6.45, 7) is 5.23. The molecule has 3 amide bonds. The van der Waals surface area contributed by atoms with Crippen molar-refractivity contribution in [3.63, 3.8) is 0 Å². The number of benzene rings is 1. The van der Waals surface area contributed by atoms with Crippen molar-refractivity contribution in [2.24, 2.45) is 0 Å². The third-order valence-electron chi connectivity index (χ3n) is 2.73. The van der Waals surface area contributed by atoms with Crippen molar-refractivity contribution in [2.75, 3.05) is 11.9 Å². The average Bonchev–Trinajstić information content (AvgIpc) is 2.50. The number of nitrogens with zero attached hydrogens (tertiary/aromatic N) is 1. The number of anilines is 1. The molecule has 0 atom stereocenters. The van der Waals surface area contributed by atoms with Gasteiger partial charge in [0.15, 0.2) is 0 Å². The van der Waals surface area contributed by atoms with E-state index in [1.54, 1.807) is 51.1 Å². The van der Waals surface area contributed by atoms with Crippen LogP contribution in [0.5, 0.6) is 0 Å². The molecule has 3 N–H and O–H groups in total. The second-order valence-electron chi connectivity index (χ2n) is 6.22. The predicted molar refractivity (Wildman–Crippen MR) is 91.4 cm³/mol. The molecule has 0 radical (unpaired) electrons. The van der Waals surface area contributed by atoms with Gasteiger partial charge in [-0.15, -0.1) is 0 Å². The quantitative estimate of drug-likeness (QED) is 0.724. The monoisotopic (exact) mass is 346 g/mol. The number of amides is 3. The molecule has 25 heavy (non-hydrogen) atoms. The van der Waals surface area contributed by atoms with Crippen molar-refractivity contribution in [3.05, 3.63) is 29.8 Å². The first-order valence-electron chi connectivity index (χ1n) is 7.69. The van der Waals surface area contributed by atoms with Crippen LogP contribution in [0.4, 0.5) is 10.5 Å². The highest BCUT2D eigenvalue weighted by Gasteiger charge is 2.16. The lowest BCUT2D eigenvalue weighted by Crippen LogP contribution is -2.39. The number of ether oxygens (including phenoxy) is 1. The third-order valence-corrected chi connectivity index (χ3v) is 2.73. The minimum atomic E-state index is -0.662. The van der Waals surface area contributed by atoms with Crippen LogP contribution >= 0.6 is 0 Å². The minimum Gasteiger partial charge on any atom is -0.444 e. The van der Waals surface area contributed by atoms with E-state index >= 15 is 0 Å². The van der Waals surface area contributed by atoms with E-state index in [0.29, 0.717) is 5.69 Å². The normalized spacial score (nSPS) is 10.3. The van der Waals surface area contributed by atoms with Crippen LogP contribution in [0, 0.1) is 11.3 Å². The van der Waals surface area contributed by atoms with E-state index in [2.05, 4.69) is 16.0 Å². The molecule has 0 aliphatic rings. The van der Waals surface area contributed by atoms with E-state index in [-0.39, 0.29) is 25.4 Å². The van der Waals surface area contributed by atoms with Gasteiger partial charge in [-0.1, -0.05) is 12.1 Å². The molecule has 134 valence electrons. The maximum Gasteiger partial charge on any atom is 0.408 e. The standard InChI is InChI=1S/C17H22N4O4/c1-17(2,3)25-16(24)20-11-15(23)19-10-12-5-4-6-13(9-12)21-14(22)7-8-18/h4-6,9H,7,10-11H2,1-3H3,(H,19,23)(H,20,24)(H,21,22). The van der Waals surface area contributed by atoms with Gasteiger partial charge in [0.25, 0.3) is 0 Å². The van der Waals surface area contributed by atoms with Crippen LogP contribution in [-0.2, 0) is 20.9 Å². The molecule has 0 unspecified atom stereocenters. The van der Waals surface area contributed by atoms with Crippen LogP contribution < -0.4 is 16.0 Å². The molecule has 0 spiro atoms. The zero-order chi connectivity index (χ0) is 18.9. The molecule has 8 heteroatoms. The minimum absolute atomic E-state index is 0.201. The summed E-state index contributed by atoms with van der Waals surface area (Å²) in [6.07, 6.45) is -0.887. The second-order valence-corrected chi connectivity index (χ2v) is 6.22. The SMILES string of the molecule is CC(C)(C)OC(=O)NCC(=O)NCc1cccc(NC(=O)CC#N)c1. The molecular formula is C17H22N4O4. The second kappa shape index (κ2) is 9.27. The molecule has 8 nitrogen and oxygen atoms in total. The van der Waals surface area contributed by atoms with Gasteiger partial charge in [0.05, 0.1) is 6.07 Å². The third kappa shape index (κ3) is 8.95. The van der Waals surface area contributed by atoms with E-state index < -0.39 is 17.6 Å². The Bertz CT molecular complexity index is 674. The molecule has 1 aromatic carbocycles. The van der Waals surface area contributed by atoms with Gasteiger partial charge in [0.1, 0.15) is 18.6 Å². The van der Waals surface area contributed by atoms with Crippen molar-refractivity contribution in [3.8, 4) is 6.07 Å². The summed E-state index contributed by atoms with van der Waals surface area (Å²) >= 11 is 0. The maximum atomic E-state index is 11.7. The van der Waals surface area contributed by atoms with Crippen molar-refractivity contribution in [1.82, 2.24) is 10.6 Å². The van der Waals surface area contributed by atoms with Crippen LogP contribution in [0.1, 0.15) is 32.8 Å². The van der Waals surface area contributed by atoms with Gasteiger partial charge < -0.3 is 20.7 Å². The summed E-state index contributed by atoms with van der Waals surface area (Å²) in [5, 5.41) is 16.1. The Hall–Kier alpha value is -3.08. The fourth-order valence-corrected chi connectivity index (χ4v) is 1.77. The molecular weight excluding hydrogens is 324 g/mol. The number of nitriles is 1. The first kappa shape index (κ1) is 20.0. The number of carbonyl (C=O) groups excluding carboxylic acids is 3. The fourth-order valence-electron chi connectivity index (χ4n) is 1.77. The highest BCUT2D eigenvalue weighted by molar-refractivity contribution is 5.92. The zero-order valence-corrected chi connectivity index (χ0v) is 14.5. The number of alkyl carbamates (subject to hydrolysis) is 1. The average molecular weight is 346 g/mol. The lowest BCUT2D eigenvalue weighted by Gasteiger charge is -2.19. The van der Waals surface area contributed by atoms with E-state index in [0.717, 1.165) is 5.56 Å². The Balaban J connectivity index is 2.42. The Kier molecular flexibility index (Phi) is 7.41. The maximum absolute atomic E-state index is 11.7. The number of hydrogen-bond acceptors (Lipinski definition) is 5. The summed E-state index contributed by atoms with van der Waals surface area (Å²) < 4.78 is 5.03. The highest BCUT2D eigenvalue weighted by atomic mass is 16.6. The van der Waals surface area contributed by atoms with E-state index in [1.165, 1.54) is 0 Å². The topological polar surface area (TPSA) is 120 Å². The highest BCUT2D eigenvalue weighted by Crippen LogP contribution is 2.11. The van der Waals surface area contributed by atoms with E-state index in [4.69, 9.17) is 10.00 Å². The van der Waals surface area contributed by atoms with Crippen LogP contribution in [0.2, 0.25) is 0 Å². The first-order valence-corrected chi connectivity index (χ1v) is 7.69. The smallest absolute Gasteiger partial charge is 0.408 e. The van der Waals surface area contributed by atoms with Gasteiger partial charge in [0, 0.05) is 12.2 Å².